The van der Waals surface area contributed by atoms with Crippen LogP contribution in [0.4, 0.5) is 0 Å². The van der Waals surface area contributed by atoms with Gasteiger partial charge in [0, 0.05) is 8.95 Å². The van der Waals surface area contributed by atoms with E-state index in [1.165, 1.54) is 0 Å². The van der Waals surface area contributed by atoms with E-state index in [1.807, 2.05) is 24.3 Å². The maximum atomic E-state index is 10.4. The van der Waals surface area contributed by atoms with Gasteiger partial charge in [-0.1, -0.05) is 31.9 Å². The molecule has 0 radical (unpaired) electrons. The third-order valence-electron chi connectivity index (χ3n) is 2.79. The second-order valence-electron chi connectivity index (χ2n) is 5.07. The Morgan fingerprint density at radius 3 is 1.23 bits per heavy atom. The second-order valence-corrected chi connectivity index (χ2v) is 11.5. The zero-order valence-electron chi connectivity index (χ0n) is 15.4. The van der Waals surface area contributed by atoms with Crippen LogP contribution in [0.1, 0.15) is 0 Å². The smallest absolute Gasteiger partial charge is 0.748 e. The van der Waals surface area contributed by atoms with E-state index >= 15 is 0 Å². The van der Waals surface area contributed by atoms with Gasteiger partial charge >= 0.3 is 16.5 Å². The number of hydrogen-bond donors (Lipinski definition) is 0. The molecule has 0 aliphatic carbocycles. The number of hydrogen-bond acceptors (Lipinski definition) is 10. The molecule has 0 spiro atoms. The molecule has 0 amide bonds. The number of benzene rings is 2. The quantitative estimate of drug-likeness (QED) is 0.273. The van der Waals surface area contributed by atoms with Crippen molar-refractivity contribution in [2.24, 2.45) is 0 Å². The summed E-state index contributed by atoms with van der Waals surface area (Å²) in [6, 6.07) is 14.3. The van der Waals surface area contributed by atoms with E-state index in [0.29, 0.717) is 11.5 Å². The van der Waals surface area contributed by atoms with Crippen molar-refractivity contribution >= 4 is 72.3 Å². The molecular formula is C16H16Br2NiO8S4. The Kier molecular flexibility index (Phi) is 15.9. The first-order valence-electron chi connectivity index (χ1n) is 7.92. The number of ether oxygens (including phenoxy) is 2. The minimum Gasteiger partial charge on any atom is -0.748 e. The normalized spacial score (nSPS) is 14.1. The largest absolute Gasteiger partial charge is 2.00 e. The van der Waals surface area contributed by atoms with Crippen molar-refractivity contribution in [3.63, 3.8) is 0 Å². The summed E-state index contributed by atoms with van der Waals surface area (Å²) in [5.41, 5.74) is 0. The fraction of sp³-hybridized carbons (Fsp3) is 0.250. The topological polar surface area (TPSA) is 117 Å². The Balaban J connectivity index is 0.000000562. The summed E-state index contributed by atoms with van der Waals surface area (Å²) in [7, 11) is -7.58. The molecular weight excluding hydrogens is 667 g/mol. The molecule has 2 aromatic carbocycles. The standard InChI is InChI=1S/2C8H9BrO4S2.Ni/c2*9-7-1-3-8(4-2-7)12-5-6-13-15(10,11)14;/h2*1-4H,5-6H2,(H,10,11,14);/q;;+2/p-2. The Bertz CT molecular complexity index is 890. The molecule has 2 aromatic rings. The van der Waals surface area contributed by atoms with Crippen LogP contribution < -0.4 is 9.47 Å². The minimum absolute atomic E-state index is 0. The van der Waals surface area contributed by atoms with Crippen molar-refractivity contribution < 1.29 is 51.9 Å². The minimum atomic E-state index is -3.79. The third kappa shape index (κ3) is 18.2. The van der Waals surface area contributed by atoms with Crippen LogP contribution >= 0.6 is 31.9 Å². The van der Waals surface area contributed by atoms with Crippen molar-refractivity contribution in [2.75, 3.05) is 26.4 Å². The van der Waals surface area contributed by atoms with E-state index in [1.54, 1.807) is 24.3 Å². The van der Waals surface area contributed by atoms with Crippen molar-refractivity contribution in [2.45, 2.75) is 0 Å². The molecule has 0 saturated heterocycles. The molecule has 0 aromatic heterocycles. The van der Waals surface area contributed by atoms with Gasteiger partial charge in [0.1, 0.15) is 24.7 Å². The monoisotopic (exact) mass is 680 g/mol. The van der Waals surface area contributed by atoms with Crippen molar-refractivity contribution in [1.82, 2.24) is 0 Å². The van der Waals surface area contributed by atoms with Crippen LogP contribution in [-0.4, -0.2) is 44.0 Å². The van der Waals surface area contributed by atoms with Gasteiger partial charge in [0.05, 0.1) is 31.3 Å². The van der Waals surface area contributed by atoms with E-state index in [0.717, 1.165) is 8.95 Å². The molecule has 0 aliphatic heterocycles. The zero-order valence-corrected chi connectivity index (χ0v) is 22.8. The van der Waals surface area contributed by atoms with Gasteiger partial charge < -0.3 is 18.6 Å². The molecule has 8 nitrogen and oxygen atoms in total. The summed E-state index contributed by atoms with van der Waals surface area (Å²) < 4.78 is 62.6. The van der Waals surface area contributed by atoms with Gasteiger partial charge in [-0.25, -0.2) is 8.42 Å². The number of halogens is 2. The van der Waals surface area contributed by atoms with E-state index in [2.05, 4.69) is 62.6 Å². The molecule has 2 unspecified atom stereocenters. The van der Waals surface area contributed by atoms with Crippen molar-refractivity contribution in [3.8, 4) is 11.5 Å². The first kappa shape index (κ1) is 31.1. The molecule has 31 heavy (non-hydrogen) atoms. The predicted octanol–water partition coefficient (Wildman–Crippen LogP) is 3.27. The van der Waals surface area contributed by atoms with Crippen LogP contribution in [0.2, 0.25) is 0 Å². The van der Waals surface area contributed by atoms with Gasteiger partial charge in [0.15, 0.2) is 0 Å². The van der Waals surface area contributed by atoms with Crippen molar-refractivity contribution in [3.05, 3.63) is 57.5 Å². The van der Waals surface area contributed by atoms with Gasteiger partial charge in [-0.3, -0.25) is 8.37 Å². The Labute approximate surface area is 218 Å². The van der Waals surface area contributed by atoms with Crippen LogP contribution in [-0.2, 0) is 65.3 Å². The maximum absolute atomic E-state index is 10.4. The fourth-order valence-electron chi connectivity index (χ4n) is 1.65. The average molecular weight is 683 g/mol. The molecule has 15 heteroatoms. The first-order valence-corrected chi connectivity index (χ1v) is 14.2. The molecule has 0 aliphatic rings. The van der Waals surface area contributed by atoms with Gasteiger partial charge in [0.25, 0.3) is 0 Å². The molecule has 0 N–H and O–H groups in total. The molecule has 2 rings (SSSR count). The summed E-state index contributed by atoms with van der Waals surface area (Å²) >= 11 is 14.6. The Hall–Kier alpha value is 0.0735. The zero-order chi connectivity index (χ0) is 22.6. The SMILES string of the molecule is O=S([O-])(=S)OCCOc1ccc(Br)cc1.O=S([O-])(=S)OCCOc1ccc(Br)cc1.[Ni+2]. The Morgan fingerprint density at radius 2 is 0.968 bits per heavy atom. The number of rotatable bonds is 10. The van der Waals surface area contributed by atoms with Crippen LogP contribution in [0.3, 0.4) is 0 Å². The fourth-order valence-corrected chi connectivity index (χ4v) is 3.13. The van der Waals surface area contributed by atoms with Crippen molar-refractivity contribution in [1.29, 1.82) is 0 Å². The molecule has 2 atom stereocenters. The van der Waals surface area contributed by atoms with Crippen LogP contribution in [0.15, 0.2) is 57.5 Å². The van der Waals surface area contributed by atoms with E-state index in [4.69, 9.17) is 9.47 Å². The summed E-state index contributed by atoms with van der Waals surface area (Å²) in [5, 5.41) is 0. The summed E-state index contributed by atoms with van der Waals surface area (Å²) in [6.07, 6.45) is 0. The summed E-state index contributed by atoms with van der Waals surface area (Å²) in [4.78, 5) is 0. The van der Waals surface area contributed by atoms with E-state index in [-0.39, 0.29) is 42.9 Å². The predicted molar refractivity (Wildman–Crippen MR) is 124 cm³/mol. The molecule has 176 valence electrons. The summed E-state index contributed by atoms with van der Waals surface area (Å²) in [6.45, 7) is 0.110. The summed E-state index contributed by atoms with van der Waals surface area (Å²) in [5.74, 6) is 1.28. The van der Waals surface area contributed by atoms with Crippen LogP contribution in [0.5, 0.6) is 11.5 Å². The molecule has 0 heterocycles. The van der Waals surface area contributed by atoms with Gasteiger partial charge in [-0.15, -0.1) is 0 Å². The Morgan fingerprint density at radius 1 is 0.677 bits per heavy atom. The maximum Gasteiger partial charge on any atom is 2.00 e. The van der Waals surface area contributed by atoms with Gasteiger partial charge in [-0.2, -0.15) is 0 Å². The first-order chi connectivity index (χ1) is 13.9. The molecule has 0 saturated carbocycles. The molecule has 0 bridgehead atoms. The van der Waals surface area contributed by atoms with Gasteiger partial charge in [0.2, 0.25) is 0 Å². The van der Waals surface area contributed by atoms with Gasteiger partial charge in [-0.05, 0) is 70.9 Å². The van der Waals surface area contributed by atoms with Crippen LogP contribution in [0.25, 0.3) is 0 Å². The molecule has 0 fully saturated rings. The third-order valence-corrected chi connectivity index (χ3v) is 5.33. The van der Waals surface area contributed by atoms with Crippen LogP contribution in [0, 0.1) is 0 Å². The average Bonchev–Trinajstić information content (AvgIpc) is 2.64. The second kappa shape index (κ2) is 15.8. The van der Waals surface area contributed by atoms with E-state index in [9.17, 15) is 17.5 Å². The van der Waals surface area contributed by atoms with E-state index < -0.39 is 18.1 Å².